The van der Waals surface area contributed by atoms with E-state index in [1.807, 2.05) is 0 Å². The average Bonchev–Trinajstić information content (AvgIpc) is 2.76. The van der Waals surface area contributed by atoms with Gasteiger partial charge >= 0.3 is 0 Å². The minimum Gasteiger partial charge on any atom is -0.360 e. The van der Waals surface area contributed by atoms with Crippen LogP contribution in [0, 0.1) is 12.3 Å². The van der Waals surface area contributed by atoms with Gasteiger partial charge in [-0.05, 0) is 19.4 Å². The first-order valence-corrected chi connectivity index (χ1v) is 5.64. The summed E-state index contributed by atoms with van der Waals surface area (Å²) in [6.07, 6.45) is 3.51. The second-order valence-corrected chi connectivity index (χ2v) is 4.54. The second kappa shape index (κ2) is 5.14. The summed E-state index contributed by atoms with van der Waals surface area (Å²) in [5, 5.41) is 3.49. The highest BCUT2D eigenvalue weighted by molar-refractivity contribution is 4.96. The van der Waals surface area contributed by atoms with Crippen molar-refractivity contribution in [1.82, 2.24) is 0 Å². The van der Waals surface area contributed by atoms with Gasteiger partial charge in [-0.15, -0.1) is 6.42 Å². The maximum Gasteiger partial charge on any atom is 0.190 e. The lowest BCUT2D eigenvalue weighted by molar-refractivity contribution is -0.216. The highest BCUT2D eigenvalue weighted by Gasteiger charge is 2.55. The summed E-state index contributed by atoms with van der Waals surface area (Å²) in [5.41, 5.74) is 8.34. The Hall–Kier alpha value is -1.29. The van der Waals surface area contributed by atoms with Gasteiger partial charge in [0.1, 0.15) is 18.8 Å². The maximum atomic E-state index is 8.34. The molecule has 0 aromatic rings. The quantitative estimate of drug-likeness (QED) is 0.326. The van der Waals surface area contributed by atoms with Crippen molar-refractivity contribution in [3.8, 4) is 12.3 Å². The van der Waals surface area contributed by atoms with Gasteiger partial charge in [0.25, 0.3) is 0 Å². The Morgan fingerprint density at radius 1 is 1.50 bits per heavy atom. The van der Waals surface area contributed by atoms with E-state index in [1.165, 1.54) is 0 Å². The topological polar surface area (TPSA) is 85.7 Å². The number of hydrogen-bond donors (Lipinski definition) is 0. The molecular formula is C11H15N3O4. The van der Waals surface area contributed by atoms with Crippen molar-refractivity contribution in [2.75, 3.05) is 13.2 Å². The summed E-state index contributed by atoms with van der Waals surface area (Å²) in [4.78, 5) is 2.70. The van der Waals surface area contributed by atoms with E-state index >= 15 is 0 Å². The van der Waals surface area contributed by atoms with Gasteiger partial charge < -0.3 is 18.9 Å². The molecule has 0 saturated carbocycles. The van der Waals surface area contributed by atoms with Crippen LogP contribution in [0.1, 0.15) is 13.8 Å². The lowest BCUT2D eigenvalue weighted by Gasteiger charge is -2.24. The zero-order valence-electron chi connectivity index (χ0n) is 10.3. The number of ether oxygens (including phenoxy) is 4. The first kappa shape index (κ1) is 13.1. The molecule has 18 heavy (non-hydrogen) atoms. The molecule has 98 valence electrons. The molecule has 0 bridgehead atoms. The van der Waals surface area contributed by atoms with Gasteiger partial charge in [-0.3, -0.25) is 0 Å². The van der Waals surface area contributed by atoms with Crippen LogP contribution in [0.25, 0.3) is 10.4 Å². The largest absolute Gasteiger partial charge is 0.360 e. The van der Waals surface area contributed by atoms with E-state index in [2.05, 4.69) is 15.9 Å². The van der Waals surface area contributed by atoms with Gasteiger partial charge in [-0.1, -0.05) is 11.0 Å². The molecule has 0 amide bonds. The number of hydrogen-bond acceptors (Lipinski definition) is 5. The summed E-state index contributed by atoms with van der Waals surface area (Å²) in [6, 6.07) is 0. The monoisotopic (exact) mass is 253 g/mol. The summed E-state index contributed by atoms with van der Waals surface area (Å²) in [5.74, 6) is 1.68. The molecule has 2 aliphatic rings. The Kier molecular flexibility index (Phi) is 3.76. The van der Waals surface area contributed by atoms with E-state index in [4.69, 9.17) is 30.9 Å². The van der Waals surface area contributed by atoms with Crippen LogP contribution in [-0.2, 0) is 18.9 Å². The standard InChI is InChI=1S/C11H15N3O4/c1-4-5-15-8-7(6-13-14-12)16-10-9(8)17-11(2,3)18-10/h1,7-10H,5-6H2,2-3H3/t7-,8-,9+,10+/m1/s1. The van der Waals surface area contributed by atoms with Gasteiger partial charge in [0.2, 0.25) is 0 Å². The van der Waals surface area contributed by atoms with E-state index in [0.717, 1.165) is 0 Å². The number of azide groups is 1. The predicted octanol–water partition coefficient (Wildman–Crippen LogP) is 1.19. The SMILES string of the molecule is C#CCO[C@H]1[C@@H]2OC(C)(C)O[C@@H]2O[C@@H]1CN=[N+]=[N-]. The maximum absolute atomic E-state index is 8.34. The molecule has 4 atom stereocenters. The van der Waals surface area contributed by atoms with Crippen LogP contribution in [0.5, 0.6) is 0 Å². The third kappa shape index (κ3) is 2.58. The first-order valence-electron chi connectivity index (χ1n) is 5.64. The molecule has 7 nitrogen and oxygen atoms in total. The van der Waals surface area contributed by atoms with Crippen LogP contribution >= 0.6 is 0 Å². The van der Waals surface area contributed by atoms with Gasteiger partial charge in [0.05, 0.1) is 12.6 Å². The molecule has 0 aromatic heterocycles. The van der Waals surface area contributed by atoms with E-state index in [0.29, 0.717) is 0 Å². The molecule has 2 rings (SSSR count). The molecule has 0 unspecified atom stereocenters. The number of terminal acetylenes is 1. The van der Waals surface area contributed by atoms with Gasteiger partial charge in [0, 0.05) is 4.91 Å². The van der Waals surface area contributed by atoms with E-state index in [9.17, 15) is 0 Å². The molecule has 0 spiro atoms. The van der Waals surface area contributed by atoms with E-state index in [-0.39, 0.29) is 19.3 Å². The van der Waals surface area contributed by atoms with Gasteiger partial charge in [-0.25, -0.2) is 0 Å². The van der Waals surface area contributed by atoms with Crippen LogP contribution in [-0.4, -0.2) is 43.5 Å². The smallest absolute Gasteiger partial charge is 0.190 e. The highest BCUT2D eigenvalue weighted by Crippen LogP contribution is 2.38. The first-order chi connectivity index (χ1) is 8.57. The van der Waals surface area contributed by atoms with Crippen LogP contribution < -0.4 is 0 Å². The van der Waals surface area contributed by atoms with Crippen LogP contribution in [0.4, 0.5) is 0 Å². The second-order valence-electron chi connectivity index (χ2n) is 4.54. The number of nitrogens with zero attached hydrogens (tertiary/aromatic N) is 3. The fraction of sp³-hybridized carbons (Fsp3) is 0.818. The molecule has 0 aliphatic carbocycles. The van der Waals surface area contributed by atoms with E-state index in [1.54, 1.807) is 13.8 Å². The zero-order chi connectivity index (χ0) is 13.2. The molecular weight excluding hydrogens is 238 g/mol. The van der Waals surface area contributed by atoms with Crippen LogP contribution in [0.2, 0.25) is 0 Å². The molecule has 0 radical (unpaired) electrons. The molecule has 2 heterocycles. The average molecular weight is 253 g/mol. The van der Waals surface area contributed by atoms with Crippen molar-refractivity contribution in [1.29, 1.82) is 0 Å². The van der Waals surface area contributed by atoms with Crippen LogP contribution in [0.15, 0.2) is 5.11 Å². The molecule has 2 saturated heterocycles. The van der Waals surface area contributed by atoms with Crippen molar-refractivity contribution in [3.05, 3.63) is 10.4 Å². The minimum absolute atomic E-state index is 0.147. The Bertz CT molecular complexity index is 400. The Balaban J connectivity index is 2.07. The molecule has 0 N–H and O–H groups in total. The predicted molar refractivity (Wildman–Crippen MR) is 61.3 cm³/mol. The third-order valence-corrected chi connectivity index (χ3v) is 2.77. The molecule has 2 fully saturated rings. The molecule has 0 aromatic carbocycles. The summed E-state index contributed by atoms with van der Waals surface area (Å²) < 4.78 is 22.4. The minimum atomic E-state index is -0.712. The van der Waals surface area contributed by atoms with E-state index < -0.39 is 24.3 Å². The highest BCUT2D eigenvalue weighted by atomic mass is 16.8. The number of fused-ring (bicyclic) bond motifs is 1. The summed E-state index contributed by atoms with van der Waals surface area (Å²) in [7, 11) is 0. The zero-order valence-corrected chi connectivity index (χ0v) is 10.3. The lowest BCUT2D eigenvalue weighted by atomic mass is 10.1. The van der Waals surface area contributed by atoms with Crippen LogP contribution in [0.3, 0.4) is 0 Å². The Labute approximate surface area is 105 Å². The Morgan fingerprint density at radius 2 is 2.28 bits per heavy atom. The normalized spacial score (nSPS) is 36.7. The van der Waals surface area contributed by atoms with Crippen molar-refractivity contribution >= 4 is 0 Å². The van der Waals surface area contributed by atoms with Gasteiger partial charge in [0.15, 0.2) is 12.1 Å². The summed E-state index contributed by atoms with van der Waals surface area (Å²) in [6.45, 7) is 3.91. The number of rotatable bonds is 4. The van der Waals surface area contributed by atoms with Crippen molar-refractivity contribution in [2.45, 2.75) is 44.2 Å². The van der Waals surface area contributed by atoms with Crippen molar-refractivity contribution < 1.29 is 18.9 Å². The summed E-state index contributed by atoms with van der Waals surface area (Å²) >= 11 is 0. The molecule has 7 heteroatoms. The molecule has 2 aliphatic heterocycles. The fourth-order valence-electron chi connectivity index (χ4n) is 2.16. The van der Waals surface area contributed by atoms with Gasteiger partial charge in [-0.2, -0.15) is 0 Å². The fourth-order valence-corrected chi connectivity index (χ4v) is 2.16. The Morgan fingerprint density at radius 3 is 2.94 bits per heavy atom. The van der Waals surface area contributed by atoms with Crippen molar-refractivity contribution in [3.63, 3.8) is 0 Å². The lowest BCUT2D eigenvalue weighted by Crippen LogP contribution is -2.38. The third-order valence-electron chi connectivity index (χ3n) is 2.77. The van der Waals surface area contributed by atoms with Crippen molar-refractivity contribution in [2.24, 2.45) is 5.11 Å².